The van der Waals surface area contributed by atoms with Gasteiger partial charge in [0.15, 0.2) is 12.3 Å². The molecule has 150 valence electrons. The topological polar surface area (TPSA) is 53.9 Å². The Kier molecular flexibility index (Phi) is 6.68. The third kappa shape index (κ3) is 6.98. The number of benzene rings is 1. The van der Waals surface area contributed by atoms with E-state index < -0.39 is 0 Å². The molecule has 0 saturated carbocycles. The molecular formula is C22H36N3O2+. The number of anilines is 1. The fraction of sp³-hybridized carbons (Fsp3) is 0.636. The first-order valence-corrected chi connectivity index (χ1v) is 9.96. The van der Waals surface area contributed by atoms with Crippen LogP contribution in [0.2, 0.25) is 0 Å². The van der Waals surface area contributed by atoms with Crippen LogP contribution in [0.3, 0.4) is 0 Å². The van der Waals surface area contributed by atoms with Crippen molar-refractivity contribution in [1.82, 2.24) is 5.32 Å². The van der Waals surface area contributed by atoms with Gasteiger partial charge in [0.2, 0.25) is 0 Å². The highest BCUT2D eigenvalue weighted by atomic mass is 16.2. The molecule has 1 aliphatic heterocycles. The lowest BCUT2D eigenvalue weighted by atomic mass is 9.82. The molecule has 2 N–H and O–H groups in total. The van der Waals surface area contributed by atoms with Gasteiger partial charge in [0.25, 0.3) is 5.91 Å². The van der Waals surface area contributed by atoms with Gasteiger partial charge in [-0.15, -0.1) is 0 Å². The zero-order valence-electron chi connectivity index (χ0n) is 17.8. The van der Waals surface area contributed by atoms with E-state index in [0.29, 0.717) is 6.54 Å². The maximum Gasteiger partial charge on any atom is 0.275 e. The fourth-order valence-electron chi connectivity index (χ4n) is 4.18. The number of hydrogen-bond acceptors (Lipinski definition) is 3. The molecule has 2 rings (SSSR count). The van der Waals surface area contributed by atoms with E-state index in [4.69, 9.17) is 0 Å². The molecule has 5 heteroatoms. The molecule has 0 bridgehead atoms. The van der Waals surface area contributed by atoms with Gasteiger partial charge in [-0.25, -0.2) is 0 Å². The summed E-state index contributed by atoms with van der Waals surface area (Å²) in [4.78, 5) is 27.5. The lowest BCUT2D eigenvalue weighted by molar-refractivity contribution is -0.892. The predicted octanol–water partition coefficient (Wildman–Crippen LogP) is 1.93. The van der Waals surface area contributed by atoms with Gasteiger partial charge in [-0.1, -0.05) is 20.8 Å². The van der Waals surface area contributed by atoms with E-state index in [-0.39, 0.29) is 22.6 Å². The molecule has 0 radical (unpaired) electrons. The van der Waals surface area contributed by atoms with Gasteiger partial charge in [-0.05, 0) is 56.9 Å². The number of nitrogens with one attached hydrogen (secondary N) is 2. The number of hydrogen-bond donors (Lipinski definition) is 2. The normalized spacial score (nSPS) is 16.3. The summed E-state index contributed by atoms with van der Waals surface area (Å²) in [6.45, 7) is 16.7. The summed E-state index contributed by atoms with van der Waals surface area (Å²) in [5.74, 6) is 0.231. The molecule has 5 nitrogen and oxygen atoms in total. The first kappa shape index (κ1) is 21.4. The van der Waals surface area contributed by atoms with E-state index in [0.717, 1.165) is 43.9 Å². The molecule has 1 fully saturated rings. The first-order chi connectivity index (χ1) is 12.5. The van der Waals surface area contributed by atoms with Crippen LogP contribution < -0.4 is 15.1 Å². The van der Waals surface area contributed by atoms with E-state index in [1.54, 1.807) is 6.92 Å². The number of piperazine rings is 1. The third-order valence-electron chi connectivity index (χ3n) is 4.97. The Balaban J connectivity index is 1.81. The van der Waals surface area contributed by atoms with Gasteiger partial charge in [-0.2, -0.15) is 0 Å². The second kappa shape index (κ2) is 8.42. The van der Waals surface area contributed by atoms with Crippen molar-refractivity contribution in [1.29, 1.82) is 0 Å². The van der Waals surface area contributed by atoms with Crippen molar-refractivity contribution in [3.8, 4) is 0 Å². The molecule has 1 aliphatic rings. The smallest absolute Gasteiger partial charge is 0.275 e. The summed E-state index contributed by atoms with van der Waals surface area (Å²) in [5.41, 5.74) is 1.90. The van der Waals surface area contributed by atoms with Gasteiger partial charge < -0.3 is 15.1 Å². The van der Waals surface area contributed by atoms with Crippen molar-refractivity contribution < 1.29 is 14.5 Å². The molecule has 1 saturated heterocycles. The lowest BCUT2D eigenvalue weighted by Crippen LogP contribution is -3.16. The minimum Gasteiger partial charge on any atom is -0.360 e. The van der Waals surface area contributed by atoms with Crippen molar-refractivity contribution in [3.05, 3.63) is 29.8 Å². The van der Waals surface area contributed by atoms with E-state index >= 15 is 0 Å². The first-order valence-electron chi connectivity index (χ1n) is 9.96. The molecule has 0 unspecified atom stereocenters. The van der Waals surface area contributed by atoms with Crippen LogP contribution >= 0.6 is 0 Å². The van der Waals surface area contributed by atoms with E-state index in [9.17, 15) is 9.59 Å². The Morgan fingerprint density at radius 1 is 1.04 bits per heavy atom. The molecule has 1 amide bonds. The van der Waals surface area contributed by atoms with Gasteiger partial charge in [0.1, 0.15) is 0 Å². The summed E-state index contributed by atoms with van der Waals surface area (Å²) < 4.78 is 0. The Hall–Kier alpha value is -1.88. The molecule has 0 atom stereocenters. The van der Waals surface area contributed by atoms with Gasteiger partial charge in [0.05, 0.1) is 26.2 Å². The summed E-state index contributed by atoms with van der Waals surface area (Å²) >= 11 is 0. The van der Waals surface area contributed by atoms with E-state index in [1.165, 1.54) is 4.90 Å². The minimum absolute atomic E-state index is 0.0937. The quantitative estimate of drug-likeness (QED) is 0.748. The number of Topliss-reactive ketones (excluding diaryl/α,β-unsaturated/α-hetero) is 1. The second-order valence-electron chi connectivity index (χ2n) is 9.69. The number of carbonyl (C=O) groups excluding carboxylic acids is 2. The second-order valence-corrected chi connectivity index (χ2v) is 9.69. The number of ketones is 1. The molecule has 0 aliphatic carbocycles. The Labute approximate surface area is 164 Å². The third-order valence-corrected chi connectivity index (χ3v) is 4.97. The lowest BCUT2D eigenvalue weighted by Gasteiger charge is -2.35. The Morgan fingerprint density at radius 2 is 1.59 bits per heavy atom. The van der Waals surface area contributed by atoms with Crippen molar-refractivity contribution in [2.24, 2.45) is 5.41 Å². The molecule has 1 aromatic rings. The highest BCUT2D eigenvalue weighted by Crippen LogP contribution is 2.26. The largest absolute Gasteiger partial charge is 0.360 e. The Morgan fingerprint density at radius 3 is 2.07 bits per heavy atom. The van der Waals surface area contributed by atoms with Crippen molar-refractivity contribution in [2.75, 3.05) is 37.6 Å². The molecule has 0 spiro atoms. The monoisotopic (exact) mass is 374 g/mol. The average Bonchev–Trinajstić information content (AvgIpc) is 2.52. The summed E-state index contributed by atoms with van der Waals surface area (Å²) in [7, 11) is 0. The van der Waals surface area contributed by atoms with Crippen molar-refractivity contribution >= 4 is 17.4 Å². The van der Waals surface area contributed by atoms with Crippen LogP contribution in [0.5, 0.6) is 0 Å². The molecule has 1 heterocycles. The van der Waals surface area contributed by atoms with Crippen LogP contribution in [0.15, 0.2) is 24.3 Å². The van der Waals surface area contributed by atoms with Crippen molar-refractivity contribution in [2.45, 2.75) is 53.5 Å². The van der Waals surface area contributed by atoms with Crippen molar-refractivity contribution in [3.63, 3.8) is 0 Å². The molecule has 27 heavy (non-hydrogen) atoms. The molecule has 0 aromatic heterocycles. The summed E-state index contributed by atoms with van der Waals surface area (Å²) in [6.07, 6.45) is 0.950. The fourth-order valence-corrected chi connectivity index (χ4v) is 4.18. The number of amides is 1. The van der Waals surface area contributed by atoms with Crippen LogP contribution in [-0.4, -0.2) is 50.0 Å². The standard InChI is InChI=1S/C22H35N3O2/c1-17(26)18-7-9-19(10-8-18)25-13-11-24(12-14-25)15-20(27)23-22(5,6)16-21(2,3)4/h7-10H,11-16H2,1-6H3,(H,23,27)/p+1. The maximum absolute atomic E-state index is 12.5. The molecule has 1 aromatic carbocycles. The van der Waals surface area contributed by atoms with Gasteiger partial charge >= 0.3 is 0 Å². The van der Waals surface area contributed by atoms with E-state index in [2.05, 4.69) is 44.8 Å². The minimum atomic E-state index is -0.185. The SMILES string of the molecule is CC(=O)c1ccc(N2CC[NH+](CC(=O)NC(C)(C)CC(C)(C)C)CC2)cc1. The predicted molar refractivity (Wildman–Crippen MR) is 111 cm³/mol. The number of nitrogens with zero attached hydrogens (tertiary/aromatic N) is 1. The average molecular weight is 375 g/mol. The highest BCUT2D eigenvalue weighted by molar-refractivity contribution is 5.94. The summed E-state index contributed by atoms with van der Waals surface area (Å²) in [5, 5.41) is 3.21. The van der Waals surface area contributed by atoms with Gasteiger partial charge in [0, 0.05) is 16.8 Å². The molecular weight excluding hydrogens is 338 g/mol. The number of rotatable bonds is 6. The van der Waals surface area contributed by atoms with Crippen LogP contribution in [0.4, 0.5) is 5.69 Å². The highest BCUT2D eigenvalue weighted by Gasteiger charge is 2.29. The Bertz CT molecular complexity index is 651. The van der Waals surface area contributed by atoms with Crippen LogP contribution in [-0.2, 0) is 4.79 Å². The number of quaternary nitrogens is 1. The number of carbonyl (C=O) groups is 2. The van der Waals surface area contributed by atoms with Crippen LogP contribution in [0.1, 0.15) is 58.3 Å². The van der Waals surface area contributed by atoms with E-state index in [1.807, 2.05) is 24.3 Å². The van der Waals surface area contributed by atoms with Gasteiger partial charge in [-0.3, -0.25) is 9.59 Å². The zero-order chi connectivity index (χ0) is 20.2. The van der Waals surface area contributed by atoms with Crippen LogP contribution in [0, 0.1) is 5.41 Å². The maximum atomic E-state index is 12.5. The zero-order valence-corrected chi connectivity index (χ0v) is 17.8. The van der Waals surface area contributed by atoms with Crippen LogP contribution in [0.25, 0.3) is 0 Å². The summed E-state index contributed by atoms with van der Waals surface area (Å²) in [6, 6.07) is 7.82.